The molecule has 0 aliphatic carbocycles. The van der Waals surface area contributed by atoms with Gasteiger partial charge in [0.15, 0.2) is 5.84 Å². The van der Waals surface area contributed by atoms with Gasteiger partial charge in [0.25, 0.3) is 5.91 Å². The number of thioether (sulfide) groups is 1. The Hall–Kier alpha value is -3.46. The maximum Gasteiger partial charge on any atom is 0.283 e. The SMILES string of the molecule is CCc1ccc(-n2c(C)cc(/C=C3\C(=N)N4N=C(CC(=O)N5CCCC5)SC4=NC3=O)c2C)cc1. The molecule has 1 saturated heterocycles. The molecule has 9 heteroatoms. The number of rotatable bonds is 5. The van der Waals surface area contributed by atoms with Gasteiger partial charge in [0, 0.05) is 30.2 Å². The standard InChI is InChI=1S/C26H28N6O2S/c1-4-18-7-9-20(10-8-18)31-16(2)13-19(17(31)3)14-21-24(27)32-26(28-25(21)34)35-22(29-32)15-23(33)30-11-5-6-12-30/h7-10,13-14,27H,4-6,11-12,15H2,1-3H3/b21-14+,27-24?. The number of hydrazone groups is 1. The van der Waals surface area contributed by atoms with Crippen LogP contribution in [-0.2, 0) is 16.0 Å². The van der Waals surface area contributed by atoms with E-state index in [2.05, 4.69) is 45.9 Å². The molecule has 0 atom stereocenters. The number of carbonyl (C=O) groups is 2. The predicted molar refractivity (Wildman–Crippen MR) is 140 cm³/mol. The Morgan fingerprint density at radius 3 is 2.57 bits per heavy atom. The summed E-state index contributed by atoms with van der Waals surface area (Å²) in [5.41, 5.74) is 5.39. The Labute approximate surface area is 208 Å². The molecule has 5 rings (SSSR count). The van der Waals surface area contributed by atoms with Crippen molar-refractivity contribution in [3.05, 3.63) is 58.4 Å². The predicted octanol–water partition coefficient (Wildman–Crippen LogP) is 4.29. The number of amides is 2. The number of aliphatic imine (C=N–C) groups is 1. The zero-order valence-corrected chi connectivity index (χ0v) is 21.0. The fourth-order valence-electron chi connectivity index (χ4n) is 4.68. The average molecular weight is 489 g/mol. The summed E-state index contributed by atoms with van der Waals surface area (Å²) < 4.78 is 2.14. The van der Waals surface area contributed by atoms with Crippen molar-refractivity contribution in [1.82, 2.24) is 14.5 Å². The van der Waals surface area contributed by atoms with Crippen LogP contribution >= 0.6 is 11.8 Å². The summed E-state index contributed by atoms with van der Waals surface area (Å²) >= 11 is 1.19. The number of fused-ring (bicyclic) bond motifs is 1. The van der Waals surface area contributed by atoms with Gasteiger partial charge in [0.2, 0.25) is 11.1 Å². The number of benzene rings is 1. The van der Waals surface area contributed by atoms with Crippen molar-refractivity contribution in [2.45, 2.75) is 46.5 Å². The lowest BCUT2D eigenvalue weighted by Crippen LogP contribution is -2.35. The summed E-state index contributed by atoms with van der Waals surface area (Å²) in [4.78, 5) is 31.4. The first kappa shape index (κ1) is 23.3. The lowest BCUT2D eigenvalue weighted by molar-refractivity contribution is -0.128. The Morgan fingerprint density at radius 2 is 1.89 bits per heavy atom. The van der Waals surface area contributed by atoms with Gasteiger partial charge in [-0.25, -0.2) is 0 Å². The number of aromatic nitrogens is 1. The van der Waals surface area contributed by atoms with Crippen molar-refractivity contribution in [2.24, 2.45) is 10.1 Å². The molecule has 2 amide bonds. The van der Waals surface area contributed by atoms with Gasteiger partial charge in [0.1, 0.15) is 5.04 Å². The van der Waals surface area contributed by atoms with Crippen LogP contribution in [0, 0.1) is 19.3 Å². The largest absolute Gasteiger partial charge is 0.342 e. The van der Waals surface area contributed by atoms with E-state index in [0.29, 0.717) is 10.2 Å². The summed E-state index contributed by atoms with van der Waals surface area (Å²) in [6, 6.07) is 10.5. The van der Waals surface area contributed by atoms with E-state index in [9.17, 15) is 9.59 Å². The molecule has 35 heavy (non-hydrogen) atoms. The lowest BCUT2D eigenvalue weighted by atomic mass is 10.1. The fraction of sp³-hybridized carbons (Fsp3) is 0.346. The molecule has 0 spiro atoms. The number of aryl methyl sites for hydroxylation is 2. The Bertz CT molecular complexity index is 1310. The zero-order chi connectivity index (χ0) is 24.7. The number of hydrogen-bond donors (Lipinski definition) is 1. The van der Waals surface area contributed by atoms with Gasteiger partial charge in [-0.05, 0) is 80.3 Å². The topological polar surface area (TPSA) is 94.1 Å². The Morgan fingerprint density at radius 1 is 1.17 bits per heavy atom. The second-order valence-electron chi connectivity index (χ2n) is 8.96. The van der Waals surface area contributed by atoms with E-state index >= 15 is 0 Å². The maximum absolute atomic E-state index is 12.9. The van der Waals surface area contributed by atoms with Crippen LogP contribution < -0.4 is 0 Å². The summed E-state index contributed by atoms with van der Waals surface area (Å²) in [5.74, 6) is -0.455. The molecule has 3 aliphatic heterocycles. The van der Waals surface area contributed by atoms with Gasteiger partial charge in [-0.2, -0.15) is 15.1 Å². The lowest BCUT2D eigenvalue weighted by Gasteiger charge is -2.20. The van der Waals surface area contributed by atoms with E-state index in [1.807, 2.05) is 24.8 Å². The molecule has 3 aliphatic rings. The van der Waals surface area contributed by atoms with E-state index in [1.54, 1.807) is 6.08 Å². The third-order valence-corrected chi connectivity index (χ3v) is 7.54. The molecule has 1 N–H and O–H groups in total. The number of carbonyl (C=O) groups excluding carboxylic acids is 2. The molecular weight excluding hydrogens is 460 g/mol. The van der Waals surface area contributed by atoms with E-state index in [4.69, 9.17) is 5.41 Å². The minimum atomic E-state index is -0.465. The highest BCUT2D eigenvalue weighted by Crippen LogP contribution is 2.31. The monoisotopic (exact) mass is 488 g/mol. The van der Waals surface area contributed by atoms with E-state index in [0.717, 1.165) is 55.0 Å². The molecule has 1 fully saturated rings. The summed E-state index contributed by atoms with van der Waals surface area (Å²) in [6.45, 7) is 7.73. The molecular formula is C26H28N6O2S. The van der Waals surface area contributed by atoms with Crippen LogP contribution in [0.4, 0.5) is 0 Å². The van der Waals surface area contributed by atoms with Crippen molar-refractivity contribution in [3.8, 4) is 5.69 Å². The van der Waals surface area contributed by atoms with Crippen LogP contribution in [0.1, 0.15) is 48.7 Å². The van der Waals surface area contributed by atoms with E-state index < -0.39 is 5.91 Å². The minimum absolute atomic E-state index is 0.0202. The number of likely N-dealkylation sites (tertiary alicyclic amines) is 1. The third-order valence-electron chi connectivity index (χ3n) is 6.63. The summed E-state index contributed by atoms with van der Waals surface area (Å²) in [6.07, 6.45) is 4.93. The highest BCUT2D eigenvalue weighted by Gasteiger charge is 2.36. The first-order valence-corrected chi connectivity index (χ1v) is 12.7. The van der Waals surface area contributed by atoms with Crippen molar-refractivity contribution in [2.75, 3.05) is 13.1 Å². The number of amidine groups is 2. The molecule has 1 aromatic carbocycles. The van der Waals surface area contributed by atoms with Crippen LogP contribution in [0.25, 0.3) is 11.8 Å². The van der Waals surface area contributed by atoms with Gasteiger partial charge in [0.05, 0.1) is 12.0 Å². The van der Waals surface area contributed by atoms with Crippen LogP contribution in [0.15, 0.2) is 46.0 Å². The Balaban J connectivity index is 1.40. The van der Waals surface area contributed by atoms with Crippen LogP contribution in [-0.4, -0.2) is 55.4 Å². The Kier molecular flexibility index (Phi) is 6.19. The number of hydrogen-bond acceptors (Lipinski definition) is 5. The van der Waals surface area contributed by atoms with Crippen molar-refractivity contribution in [1.29, 1.82) is 5.41 Å². The van der Waals surface area contributed by atoms with Crippen LogP contribution in [0.5, 0.6) is 0 Å². The van der Waals surface area contributed by atoms with Crippen molar-refractivity contribution in [3.63, 3.8) is 0 Å². The maximum atomic E-state index is 12.9. The molecule has 180 valence electrons. The molecule has 0 radical (unpaired) electrons. The van der Waals surface area contributed by atoms with Gasteiger partial charge in [-0.1, -0.05) is 19.1 Å². The highest BCUT2D eigenvalue weighted by atomic mass is 32.2. The first-order valence-electron chi connectivity index (χ1n) is 11.9. The summed E-state index contributed by atoms with van der Waals surface area (Å²) in [7, 11) is 0. The zero-order valence-electron chi connectivity index (χ0n) is 20.2. The quantitative estimate of drug-likeness (QED) is 0.636. The second-order valence-corrected chi connectivity index (χ2v) is 10.0. The molecule has 0 bridgehead atoms. The van der Waals surface area contributed by atoms with Crippen molar-refractivity contribution >= 4 is 45.7 Å². The number of nitrogens with one attached hydrogen (secondary N) is 1. The highest BCUT2D eigenvalue weighted by molar-refractivity contribution is 8.27. The fourth-order valence-corrected chi connectivity index (χ4v) is 5.55. The van der Waals surface area contributed by atoms with Crippen LogP contribution in [0.3, 0.4) is 0 Å². The minimum Gasteiger partial charge on any atom is -0.342 e. The molecule has 0 saturated carbocycles. The van der Waals surface area contributed by atoms with Gasteiger partial charge in [-0.3, -0.25) is 15.0 Å². The average Bonchev–Trinajstić information content (AvgIpc) is 3.57. The molecule has 4 heterocycles. The van der Waals surface area contributed by atoms with Gasteiger partial charge in [-0.15, -0.1) is 0 Å². The van der Waals surface area contributed by atoms with Gasteiger partial charge >= 0.3 is 0 Å². The first-order chi connectivity index (χ1) is 16.9. The van der Waals surface area contributed by atoms with E-state index in [1.165, 1.54) is 22.3 Å². The molecule has 8 nitrogen and oxygen atoms in total. The molecule has 1 aromatic heterocycles. The normalized spacial score (nSPS) is 18.9. The second kappa shape index (κ2) is 9.30. The summed E-state index contributed by atoms with van der Waals surface area (Å²) in [5, 5.41) is 15.4. The molecule has 2 aromatic rings. The van der Waals surface area contributed by atoms with Gasteiger partial charge < -0.3 is 9.47 Å². The number of nitrogens with zero attached hydrogens (tertiary/aromatic N) is 5. The van der Waals surface area contributed by atoms with Crippen LogP contribution in [0.2, 0.25) is 0 Å². The third kappa shape index (κ3) is 4.36. The smallest absolute Gasteiger partial charge is 0.283 e. The van der Waals surface area contributed by atoms with Crippen molar-refractivity contribution < 1.29 is 9.59 Å². The van der Waals surface area contributed by atoms with E-state index in [-0.39, 0.29) is 23.7 Å². The molecule has 0 unspecified atom stereocenters.